The van der Waals surface area contributed by atoms with Crippen LogP contribution in [0, 0.1) is 12.7 Å². The smallest absolute Gasteiger partial charge is 0.137 e. The summed E-state index contributed by atoms with van der Waals surface area (Å²) >= 11 is 0. The van der Waals surface area contributed by atoms with Crippen molar-refractivity contribution in [2.24, 2.45) is 0 Å². The molecule has 0 amide bonds. The van der Waals surface area contributed by atoms with Gasteiger partial charge in [0.15, 0.2) is 0 Å². The number of hydrogen-bond acceptors (Lipinski definition) is 3. The van der Waals surface area contributed by atoms with Gasteiger partial charge in [-0.05, 0) is 36.8 Å². The van der Waals surface area contributed by atoms with Gasteiger partial charge in [-0.3, -0.25) is 4.90 Å². The lowest BCUT2D eigenvalue weighted by Gasteiger charge is -2.36. The highest BCUT2D eigenvalue weighted by molar-refractivity contribution is 5.42. The van der Waals surface area contributed by atoms with Gasteiger partial charge in [0.25, 0.3) is 0 Å². The number of piperazine rings is 1. The van der Waals surface area contributed by atoms with Crippen molar-refractivity contribution in [1.82, 2.24) is 19.6 Å². The summed E-state index contributed by atoms with van der Waals surface area (Å²) in [4.78, 5) is 7.06. The van der Waals surface area contributed by atoms with Gasteiger partial charge in [0.05, 0.1) is 11.4 Å². The Morgan fingerprint density at radius 1 is 1.25 bits per heavy atom. The normalized spacial score (nSPS) is 19.0. The summed E-state index contributed by atoms with van der Waals surface area (Å²) in [5.74, 6) is -0.177. The van der Waals surface area contributed by atoms with E-state index < -0.39 is 0 Å². The molecule has 4 rings (SSSR count). The van der Waals surface area contributed by atoms with Gasteiger partial charge in [-0.25, -0.2) is 9.37 Å². The first-order valence-electron chi connectivity index (χ1n) is 8.35. The van der Waals surface area contributed by atoms with E-state index in [2.05, 4.69) is 32.7 Å². The van der Waals surface area contributed by atoms with Crippen LogP contribution in [0.15, 0.2) is 48.7 Å². The van der Waals surface area contributed by atoms with E-state index in [1.54, 1.807) is 12.1 Å². The van der Waals surface area contributed by atoms with Crippen LogP contribution in [-0.2, 0) is 6.54 Å². The van der Waals surface area contributed by atoms with Crippen molar-refractivity contribution < 1.29 is 4.39 Å². The largest absolute Gasteiger partial charge is 0.314 e. The van der Waals surface area contributed by atoms with E-state index in [1.165, 1.54) is 11.8 Å². The topological polar surface area (TPSA) is 32.6 Å². The summed E-state index contributed by atoms with van der Waals surface area (Å²) in [7, 11) is 0. The van der Waals surface area contributed by atoms with E-state index in [0.717, 1.165) is 43.1 Å². The summed E-state index contributed by atoms with van der Waals surface area (Å²) in [6, 6.07) is 13.2. The lowest BCUT2D eigenvalue weighted by molar-refractivity contribution is 0.151. The van der Waals surface area contributed by atoms with Crippen LogP contribution in [-0.4, -0.2) is 33.9 Å². The Balaban J connectivity index is 1.67. The predicted octanol–water partition coefficient (Wildman–Crippen LogP) is 2.93. The van der Waals surface area contributed by atoms with E-state index in [1.807, 2.05) is 24.3 Å². The Morgan fingerprint density at radius 3 is 3.04 bits per heavy atom. The third-order valence-electron chi connectivity index (χ3n) is 4.77. The fourth-order valence-corrected chi connectivity index (χ4v) is 3.53. The molecule has 4 nitrogen and oxygen atoms in total. The first-order chi connectivity index (χ1) is 11.7. The minimum absolute atomic E-state index is 0.170. The van der Waals surface area contributed by atoms with Gasteiger partial charge in [0, 0.05) is 38.4 Å². The Kier molecular flexibility index (Phi) is 4.04. The first kappa shape index (κ1) is 15.3. The summed E-state index contributed by atoms with van der Waals surface area (Å²) in [5.41, 5.74) is 4.25. The molecule has 0 spiro atoms. The first-order valence-corrected chi connectivity index (χ1v) is 8.35. The SMILES string of the molecule is Cc1nc2ccccn2c1CN1CCNCC1c1cccc(F)c1. The molecule has 24 heavy (non-hydrogen) atoms. The summed E-state index contributed by atoms with van der Waals surface area (Å²) in [5, 5.41) is 3.43. The molecule has 1 fully saturated rings. The van der Waals surface area contributed by atoms with Crippen LogP contribution in [0.3, 0.4) is 0 Å². The third-order valence-corrected chi connectivity index (χ3v) is 4.77. The standard InChI is InChI=1S/C19H21FN4/c1-14-18(24-9-3-2-7-19(24)22-14)13-23-10-8-21-12-17(23)15-5-4-6-16(20)11-15/h2-7,9,11,17,21H,8,10,12-13H2,1H3. The number of pyridine rings is 1. The Labute approximate surface area is 140 Å². The molecule has 0 radical (unpaired) electrons. The van der Waals surface area contributed by atoms with Crippen molar-refractivity contribution in [3.63, 3.8) is 0 Å². The number of nitrogens with zero attached hydrogens (tertiary/aromatic N) is 3. The van der Waals surface area contributed by atoms with E-state index in [0.29, 0.717) is 0 Å². The number of aryl methyl sites for hydroxylation is 1. The quantitative estimate of drug-likeness (QED) is 0.804. The molecule has 1 unspecified atom stereocenters. The zero-order valence-electron chi connectivity index (χ0n) is 13.7. The summed E-state index contributed by atoms with van der Waals surface area (Å²) in [6.07, 6.45) is 2.06. The van der Waals surface area contributed by atoms with Crippen molar-refractivity contribution in [1.29, 1.82) is 0 Å². The van der Waals surface area contributed by atoms with E-state index in [9.17, 15) is 4.39 Å². The molecule has 0 saturated carbocycles. The van der Waals surface area contributed by atoms with Crippen molar-refractivity contribution in [3.05, 3.63) is 71.4 Å². The second kappa shape index (κ2) is 6.34. The Morgan fingerprint density at radius 2 is 2.17 bits per heavy atom. The van der Waals surface area contributed by atoms with Crippen LogP contribution in [0.5, 0.6) is 0 Å². The van der Waals surface area contributed by atoms with E-state index in [-0.39, 0.29) is 11.9 Å². The van der Waals surface area contributed by atoms with Gasteiger partial charge in [0.1, 0.15) is 11.5 Å². The third kappa shape index (κ3) is 2.81. The zero-order chi connectivity index (χ0) is 16.5. The average molecular weight is 324 g/mol. The second-order valence-electron chi connectivity index (χ2n) is 6.32. The summed E-state index contributed by atoms with van der Waals surface area (Å²) in [6.45, 7) is 5.57. The molecule has 0 bridgehead atoms. The molecule has 5 heteroatoms. The number of imidazole rings is 1. The highest BCUT2D eigenvalue weighted by Gasteiger charge is 2.25. The lowest BCUT2D eigenvalue weighted by Crippen LogP contribution is -2.45. The minimum atomic E-state index is -0.177. The molecule has 3 aromatic rings. The Hall–Kier alpha value is -2.24. The number of rotatable bonds is 3. The van der Waals surface area contributed by atoms with Crippen LogP contribution in [0.1, 0.15) is 23.0 Å². The van der Waals surface area contributed by atoms with Crippen LogP contribution < -0.4 is 5.32 Å². The maximum Gasteiger partial charge on any atom is 0.137 e. The maximum atomic E-state index is 13.6. The van der Waals surface area contributed by atoms with Gasteiger partial charge in [-0.1, -0.05) is 18.2 Å². The van der Waals surface area contributed by atoms with E-state index >= 15 is 0 Å². The molecular weight excluding hydrogens is 303 g/mol. The molecule has 1 atom stereocenters. The monoisotopic (exact) mass is 324 g/mol. The van der Waals surface area contributed by atoms with Gasteiger partial charge in [-0.15, -0.1) is 0 Å². The second-order valence-corrected chi connectivity index (χ2v) is 6.32. The van der Waals surface area contributed by atoms with Crippen LogP contribution in [0.4, 0.5) is 4.39 Å². The number of benzene rings is 1. The van der Waals surface area contributed by atoms with Crippen molar-refractivity contribution in [2.75, 3.05) is 19.6 Å². The fraction of sp³-hybridized carbons (Fsp3) is 0.316. The van der Waals surface area contributed by atoms with Crippen LogP contribution >= 0.6 is 0 Å². The van der Waals surface area contributed by atoms with Gasteiger partial charge in [-0.2, -0.15) is 0 Å². The van der Waals surface area contributed by atoms with Crippen LogP contribution in [0.2, 0.25) is 0 Å². The molecule has 1 aliphatic rings. The number of halogens is 1. The van der Waals surface area contributed by atoms with Crippen molar-refractivity contribution in [3.8, 4) is 0 Å². The molecule has 1 aliphatic heterocycles. The molecule has 1 N–H and O–H groups in total. The number of aromatic nitrogens is 2. The van der Waals surface area contributed by atoms with Crippen molar-refractivity contribution in [2.45, 2.75) is 19.5 Å². The summed E-state index contributed by atoms with van der Waals surface area (Å²) < 4.78 is 15.8. The highest BCUT2D eigenvalue weighted by Crippen LogP contribution is 2.26. The minimum Gasteiger partial charge on any atom is -0.314 e. The number of fused-ring (bicyclic) bond motifs is 1. The predicted molar refractivity (Wildman–Crippen MR) is 92.3 cm³/mol. The van der Waals surface area contributed by atoms with Crippen LogP contribution in [0.25, 0.3) is 5.65 Å². The molecule has 1 saturated heterocycles. The molecule has 3 heterocycles. The van der Waals surface area contributed by atoms with E-state index in [4.69, 9.17) is 0 Å². The lowest BCUT2D eigenvalue weighted by atomic mass is 10.0. The number of nitrogens with one attached hydrogen (secondary N) is 1. The Bertz CT molecular complexity index is 857. The van der Waals surface area contributed by atoms with Gasteiger partial charge in [0.2, 0.25) is 0 Å². The zero-order valence-corrected chi connectivity index (χ0v) is 13.7. The molecule has 1 aromatic carbocycles. The molecular formula is C19H21FN4. The molecule has 0 aliphatic carbocycles. The van der Waals surface area contributed by atoms with Gasteiger partial charge >= 0.3 is 0 Å². The average Bonchev–Trinajstić information content (AvgIpc) is 2.91. The van der Waals surface area contributed by atoms with Gasteiger partial charge < -0.3 is 9.72 Å². The maximum absolute atomic E-state index is 13.6. The van der Waals surface area contributed by atoms with Crippen molar-refractivity contribution >= 4 is 5.65 Å². The highest BCUT2D eigenvalue weighted by atomic mass is 19.1. The molecule has 124 valence electrons. The number of hydrogen-bond donors (Lipinski definition) is 1. The molecule has 2 aromatic heterocycles. The fourth-order valence-electron chi connectivity index (χ4n) is 3.53.